The summed E-state index contributed by atoms with van der Waals surface area (Å²) >= 11 is 1.62. The van der Waals surface area contributed by atoms with E-state index in [2.05, 4.69) is 5.32 Å². The molecule has 0 saturated carbocycles. The van der Waals surface area contributed by atoms with Gasteiger partial charge in [-0.15, -0.1) is 11.3 Å². The number of anilines is 1. The van der Waals surface area contributed by atoms with E-state index in [0.717, 1.165) is 27.2 Å². The maximum Gasteiger partial charge on any atom is 0.203 e. The van der Waals surface area contributed by atoms with Crippen molar-refractivity contribution in [1.29, 1.82) is 0 Å². The first-order chi connectivity index (χ1) is 14.2. The number of thiophene rings is 1. The minimum atomic E-state index is 0.543. The van der Waals surface area contributed by atoms with Gasteiger partial charge in [-0.2, -0.15) is 0 Å². The number of benzene rings is 2. The number of rotatable bonds is 7. The van der Waals surface area contributed by atoms with Crippen molar-refractivity contribution in [3.8, 4) is 28.0 Å². The van der Waals surface area contributed by atoms with E-state index in [9.17, 15) is 0 Å². The van der Waals surface area contributed by atoms with Gasteiger partial charge in [0, 0.05) is 11.9 Å². The van der Waals surface area contributed by atoms with Crippen molar-refractivity contribution in [2.45, 2.75) is 6.54 Å². The van der Waals surface area contributed by atoms with Crippen LogP contribution in [0.15, 0.2) is 53.9 Å². The molecular weight excluding hydrogens is 386 g/mol. The lowest BCUT2D eigenvalue weighted by Gasteiger charge is -2.15. The average molecular weight is 407 g/mol. The highest BCUT2D eigenvalue weighted by Gasteiger charge is 2.14. The van der Waals surface area contributed by atoms with Crippen molar-refractivity contribution in [2.24, 2.45) is 0 Å². The van der Waals surface area contributed by atoms with Gasteiger partial charge < -0.3 is 19.5 Å². The number of ether oxygens (including phenoxy) is 3. The molecule has 4 rings (SSSR count). The van der Waals surface area contributed by atoms with Gasteiger partial charge in [0.1, 0.15) is 5.82 Å². The van der Waals surface area contributed by atoms with Crippen LogP contribution in [0.2, 0.25) is 0 Å². The Labute approximate surface area is 173 Å². The Balaban J connectivity index is 1.70. The molecule has 0 amide bonds. The first-order valence-corrected chi connectivity index (χ1v) is 9.95. The lowest BCUT2D eigenvalue weighted by molar-refractivity contribution is 0.324. The smallest absolute Gasteiger partial charge is 0.203 e. The molecule has 148 valence electrons. The Morgan fingerprint density at radius 3 is 2.31 bits per heavy atom. The number of para-hydroxylation sites is 1. The Morgan fingerprint density at radius 1 is 0.897 bits per heavy atom. The molecule has 29 heavy (non-hydrogen) atoms. The first kappa shape index (κ1) is 19.0. The molecule has 7 heteroatoms. The fourth-order valence-corrected chi connectivity index (χ4v) is 3.81. The van der Waals surface area contributed by atoms with Gasteiger partial charge in [0.15, 0.2) is 17.3 Å². The van der Waals surface area contributed by atoms with Gasteiger partial charge >= 0.3 is 0 Å². The molecule has 0 unspecified atom stereocenters. The number of methoxy groups -OCH3 is 3. The molecule has 0 bridgehead atoms. The van der Waals surface area contributed by atoms with Crippen LogP contribution in [0.1, 0.15) is 5.56 Å². The van der Waals surface area contributed by atoms with Crippen LogP contribution in [-0.4, -0.2) is 31.3 Å². The second-order valence-electron chi connectivity index (χ2n) is 6.28. The molecule has 2 aromatic heterocycles. The SMILES string of the molecule is COc1cc(CNc2nc(-c3cccs3)nc3ccccc23)cc(OC)c1OC. The van der Waals surface area contributed by atoms with Crippen LogP contribution < -0.4 is 19.5 Å². The third-order valence-corrected chi connectivity index (χ3v) is 5.40. The largest absolute Gasteiger partial charge is 0.493 e. The van der Waals surface area contributed by atoms with Crippen molar-refractivity contribution in [1.82, 2.24) is 9.97 Å². The fraction of sp³-hybridized carbons (Fsp3) is 0.182. The van der Waals surface area contributed by atoms with E-state index in [1.165, 1.54) is 0 Å². The zero-order valence-corrected chi connectivity index (χ0v) is 17.2. The summed E-state index contributed by atoms with van der Waals surface area (Å²) in [6.45, 7) is 0.543. The van der Waals surface area contributed by atoms with Gasteiger partial charge in [-0.3, -0.25) is 0 Å². The molecule has 0 aliphatic heterocycles. The van der Waals surface area contributed by atoms with Crippen molar-refractivity contribution in [2.75, 3.05) is 26.6 Å². The fourth-order valence-electron chi connectivity index (χ4n) is 3.15. The molecular formula is C22H21N3O3S. The molecule has 0 radical (unpaired) electrons. The lowest BCUT2D eigenvalue weighted by Crippen LogP contribution is -2.05. The maximum absolute atomic E-state index is 5.45. The van der Waals surface area contributed by atoms with E-state index in [4.69, 9.17) is 24.2 Å². The van der Waals surface area contributed by atoms with Crippen LogP contribution in [0.4, 0.5) is 5.82 Å². The van der Waals surface area contributed by atoms with E-state index in [1.54, 1.807) is 32.7 Å². The van der Waals surface area contributed by atoms with Crippen molar-refractivity contribution in [3.63, 3.8) is 0 Å². The number of aromatic nitrogens is 2. The van der Waals surface area contributed by atoms with Crippen LogP contribution in [0.3, 0.4) is 0 Å². The van der Waals surface area contributed by atoms with Gasteiger partial charge in [-0.25, -0.2) is 9.97 Å². The highest BCUT2D eigenvalue weighted by molar-refractivity contribution is 7.13. The summed E-state index contributed by atoms with van der Waals surface area (Å²) in [5.74, 6) is 3.32. The van der Waals surface area contributed by atoms with E-state index in [-0.39, 0.29) is 0 Å². The number of hydrogen-bond acceptors (Lipinski definition) is 7. The highest BCUT2D eigenvalue weighted by Crippen LogP contribution is 2.38. The molecule has 6 nitrogen and oxygen atoms in total. The van der Waals surface area contributed by atoms with Gasteiger partial charge in [0.05, 0.1) is 31.7 Å². The zero-order chi connectivity index (χ0) is 20.2. The standard InChI is InChI=1S/C22H21N3O3S/c1-26-17-11-14(12-18(27-2)20(17)28-3)13-23-21-15-7-4-5-8-16(15)24-22(25-21)19-9-6-10-29-19/h4-12H,13H2,1-3H3,(H,23,24,25). The summed E-state index contributed by atoms with van der Waals surface area (Å²) < 4.78 is 16.3. The van der Waals surface area contributed by atoms with E-state index in [0.29, 0.717) is 29.6 Å². The summed E-state index contributed by atoms with van der Waals surface area (Å²) in [6, 6.07) is 15.9. The molecule has 0 fully saturated rings. The van der Waals surface area contributed by atoms with Crippen LogP contribution in [0.25, 0.3) is 21.6 Å². The summed E-state index contributed by atoms with van der Waals surface area (Å²) in [5, 5.41) is 6.45. The predicted octanol–water partition coefficient (Wildman–Crippen LogP) is 5.00. The van der Waals surface area contributed by atoms with E-state index < -0.39 is 0 Å². The molecule has 0 saturated heterocycles. The first-order valence-electron chi connectivity index (χ1n) is 9.07. The van der Waals surface area contributed by atoms with Crippen LogP contribution in [0.5, 0.6) is 17.2 Å². The Morgan fingerprint density at radius 2 is 1.66 bits per heavy atom. The van der Waals surface area contributed by atoms with Gasteiger partial charge in [0.2, 0.25) is 5.75 Å². The monoisotopic (exact) mass is 407 g/mol. The molecule has 4 aromatic rings. The van der Waals surface area contributed by atoms with Gasteiger partial charge in [0.25, 0.3) is 0 Å². The summed E-state index contributed by atoms with van der Waals surface area (Å²) in [6.07, 6.45) is 0. The summed E-state index contributed by atoms with van der Waals surface area (Å²) in [7, 11) is 4.82. The van der Waals surface area contributed by atoms with Crippen LogP contribution in [0, 0.1) is 0 Å². The predicted molar refractivity (Wildman–Crippen MR) is 116 cm³/mol. The van der Waals surface area contributed by atoms with Crippen molar-refractivity contribution >= 4 is 28.1 Å². The Bertz CT molecular complexity index is 1100. The Hall–Kier alpha value is -3.32. The number of hydrogen-bond donors (Lipinski definition) is 1. The summed E-state index contributed by atoms with van der Waals surface area (Å²) in [5.41, 5.74) is 1.89. The van der Waals surface area contributed by atoms with Crippen molar-refractivity contribution in [3.05, 3.63) is 59.5 Å². The van der Waals surface area contributed by atoms with Crippen LogP contribution in [-0.2, 0) is 6.54 Å². The second kappa shape index (κ2) is 8.36. The average Bonchev–Trinajstić information content (AvgIpc) is 3.31. The maximum atomic E-state index is 5.45. The topological polar surface area (TPSA) is 65.5 Å². The normalized spacial score (nSPS) is 10.7. The number of nitrogens with one attached hydrogen (secondary N) is 1. The number of nitrogens with zero attached hydrogens (tertiary/aromatic N) is 2. The second-order valence-corrected chi connectivity index (χ2v) is 7.23. The number of fused-ring (bicyclic) bond motifs is 1. The Kier molecular flexibility index (Phi) is 5.48. The molecule has 2 aromatic carbocycles. The molecule has 0 aliphatic rings. The quantitative estimate of drug-likeness (QED) is 0.465. The minimum absolute atomic E-state index is 0.543. The molecule has 1 N–H and O–H groups in total. The van der Waals surface area contributed by atoms with Gasteiger partial charge in [-0.1, -0.05) is 18.2 Å². The summed E-state index contributed by atoms with van der Waals surface area (Å²) in [4.78, 5) is 10.5. The molecule has 0 atom stereocenters. The van der Waals surface area contributed by atoms with E-state index in [1.807, 2.05) is 53.9 Å². The van der Waals surface area contributed by atoms with Crippen molar-refractivity contribution < 1.29 is 14.2 Å². The zero-order valence-electron chi connectivity index (χ0n) is 16.4. The van der Waals surface area contributed by atoms with E-state index >= 15 is 0 Å². The van der Waals surface area contributed by atoms with Gasteiger partial charge in [-0.05, 0) is 41.3 Å². The third-order valence-electron chi connectivity index (χ3n) is 4.53. The minimum Gasteiger partial charge on any atom is -0.493 e. The lowest BCUT2D eigenvalue weighted by atomic mass is 10.1. The van der Waals surface area contributed by atoms with Crippen LogP contribution >= 0.6 is 11.3 Å². The highest BCUT2D eigenvalue weighted by atomic mass is 32.1. The molecule has 2 heterocycles. The molecule has 0 spiro atoms. The third kappa shape index (κ3) is 3.82. The molecule has 0 aliphatic carbocycles.